The van der Waals surface area contributed by atoms with Gasteiger partial charge >= 0.3 is 0 Å². The Kier molecular flexibility index (Phi) is 4.76. The fourth-order valence-electron chi connectivity index (χ4n) is 1.53. The van der Waals surface area contributed by atoms with Crippen LogP contribution in [0.1, 0.15) is 20.8 Å². The van der Waals surface area contributed by atoms with Crippen LogP contribution >= 0.6 is 23.1 Å². The Labute approximate surface area is 121 Å². The van der Waals surface area contributed by atoms with Crippen molar-refractivity contribution in [1.29, 1.82) is 0 Å². The molecule has 102 valence electrons. The van der Waals surface area contributed by atoms with Crippen molar-refractivity contribution in [3.8, 4) is 0 Å². The smallest absolute Gasteiger partial charge is 0.233 e. The zero-order chi connectivity index (χ0) is 13.8. The Morgan fingerprint density at radius 3 is 2.95 bits per heavy atom. The Hall–Kier alpha value is -1.14. The molecule has 0 spiro atoms. The van der Waals surface area contributed by atoms with Crippen molar-refractivity contribution < 1.29 is 4.79 Å². The highest BCUT2D eigenvalue weighted by Crippen LogP contribution is 2.30. The lowest BCUT2D eigenvalue weighted by Crippen LogP contribution is -2.33. The van der Waals surface area contributed by atoms with Crippen molar-refractivity contribution >= 4 is 39.2 Å². The topological polar surface area (TPSA) is 54.9 Å². The van der Waals surface area contributed by atoms with Crippen LogP contribution in [-0.4, -0.2) is 27.7 Å². The van der Waals surface area contributed by atoms with Gasteiger partial charge in [-0.2, -0.15) is 0 Å². The molecule has 0 bridgehead atoms. The highest BCUT2D eigenvalue weighted by atomic mass is 32.2. The fourth-order valence-corrected chi connectivity index (χ4v) is 3.25. The molecule has 2 rings (SSSR count). The summed E-state index contributed by atoms with van der Waals surface area (Å²) in [6.07, 6.45) is 1.56. The molecular weight excluding hydrogens is 278 g/mol. The van der Waals surface area contributed by atoms with Crippen molar-refractivity contribution in [1.82, 2.24) is 15.3 Å². The lowest BCUT2D eigenvalue weighted by atomic mass is 10.2. The lowest BCUT2D eigenvalue weighted by Gasteiger charge is -2.13. The van der Waals surface area contributed by atoms with Gasteiger partial charge in [0.1, 0.15) is 16.2 Å². The third-order valence-corrected chi connectivity index (χ3v) is 4.50. The van der Waals surface area contributed by atoms with Crippen LogP contribution in [0.3, 0.4) is 0 Å². The Balaban J connectivity index is 2.04. The van der Waals surface area contributed by atoms with Gasteiger partial charge in [-0.3, -0.25) is 4.79 Å². The quantitative estimate of drug-likeness (QED) is 0.680. The molecule has 2 heterocycles. The van der Waals surface area contributed by atoms with E-state index in [0.29, 0.717) is 12.5 Å². The summed E-state index contributed by atoms with van der Waals surface area (Å²) >= 11 is 3.07. The molecule has 0 aliphatic heterocycles. The van der Waals surface area contributed by atoms with Gasteiger partial charge in [0, 0.05) is 11.9 Å². The summed E-state index contributed by atoms with van der Waals surface area (Å²) in [4.78, 5) is 21.4. The van der Waals surface area contributed by atoms with E-state index in [-0.39, 0.29) is 11.2 Å². The number of hydrogen-bond donors (Lipinski definition) is 1. The van der Waals surface area contributed by atoms with Crippen molar-refractivity contribution in [2.24, 2.45) is 5.92 Å². The van der Waals surface area contributed by atoms with E-state index in [4.69, 9.17) is 0 Å². The molecule has 2 aromatic rings. The van der Waals surface area contributed by atoms with E-state index in [9.17, 15) is 4.79 Å². The summed E-state index contributed by atoms with van der Waals surface area (Å²) in [7, 11) is 0. The number of carbonyl (C=O) groups excluding carboxylic acids is 1. The summed E-state index contributed by atoms with van der Waals surface area (Å²) < 4.78 is 0. The van der Waals surface area contributed by atoms with Crippen LogP contribution in [-0.2, 0) is 4.79 Å². The summed E-state index contributed by atoms with van der Waals surface area (Å²) in [5.41, 5.74) is 0. The van der Waals surface area contributed by atoms with E-state index in [1.807, 2.05) is 18.4 Å². The van der Waals surface area contributed by atoms with Gasteiger partial charge in [-0.1, -0.05) is 25.6 Å². The maximum atomic E-state index is 12.0. The highest BCUT2D eigenvalue weighted by molar-refractivity contribution is 8.00. The minimum atomic E-state index is -0.156. The first-order valence-electron chi connectivity index (χ1n) is 6.20. The average molecular weight is 295 g/mol. The van der Waals surface area contributed by atoms with Crippen LogP contribution in [0.25, 0.3) is 10.2 Å². The average Bonchev–Trinajstić information content (AvgIpc) is 2.85. The monoisotopic (exact) mass is 295 g/mol. The SMILES string of the molecule is CC(C)CNC(=O)[C@H](C)Sc1ncnc2sccc12. The number of aromatic nitrogens is 2. The maximum absolute atomic E-state index is 12.0. The van der Waals surface area contributed by atoms with Gasteiger partial charge in [-0.25, -0.2) is 9.97 Å². The van der Waals surface area contributed by atoms with E-state index in [0.717, 1.165) is 15.2 Å². The molecule has 2 aromatic heterocycles. The number of amides is 1. The molecule has 6 heteroatoms. The number of carbonyl (C=O) groups is 1. The minimum Gasteiger partial charge on any atom is -0.355 e. The normalized spacial score (nSPS) is 12.8. The van der Waals surface area contributed by atoms with Gasteiger partial charge in [0.05, 0.1) is 5.25 Å². The van der Waals surface area contributed by atoms with Crippen LogP contribution in [0.5, 0.6) is 0 Å². The van der Waals surface area contributed by atoms with E-state index >= 15 is 0 Å². The number of thiophene rings is 1. The number of thioether (sulfide) groups is 1. The van der Waals surface area contributed by atoms with E-state index < -0.39 is 0 Å². The van der Waals surface area contributed by atoms with E-state index in [1.54, 1.807) is 17.7 Å². The van der Waals surface area contributed by atoms with Gasteiger partial charge in [0.25, 0.3) is 0 Å². The molecule has 1 amide bonds. The molecule has 0 aliphatic rings. The van der Waals surface area contributed by atoms with Gasteiger partial charge in [0.2, 0.25) is 5.91 Å². The highest BCUT2D eigenvalue weighted by Gasteiger charge is 2.17. The number of nitrogens with zero attached hydrogens (tertiary/aromatic N) is 2. The molecule has 1 atom stereocenters. The maximum Gasteiger partial charge on any atom is 0.233 e. The van der Waals surface area contributed by atoms with Gasteiger partial charge in [0.15, 0.2) is 0 Å². The third kappa shape index (κ3) is 3.67. The second-order valence-electron chi connectivity index (χ2n) is 4.72. The largest absolute Gasteiger partial charge is 0.355 e. The Bertz CT molecular complexity index is 568. The molecule has 0 fully saturated rings. The standard InChI is InChI=1S/C13H17N3OS2/c1-8(2)6-14-11(17)9(3)19-13-10-4-5-18-12(10)15-7-16-13/h4-5,7-9H,6H2,1-3H3,(H,14,17)/t9-/m0/s1. The predicted octanol–water partition coefficient (Wildman–Crippen LogP) is 2.94. The van der Waals surface area contributed by atoms with Gasteiger partial charge in [-0.15, -0.1) is 11.3 Å². The minimum absolute atomic E-state index is 0.0562. The molecule has 0 saturated heterocycles. The number of nitrogens with one attached hydrogen (secondary N) is 1. The van der Waals surface area contributed by atoms with Crippen molar-refractivity contribution in [2.75, 3.05) is 6.54 Å². The first-order chi connectivity index (χ1) is 9.08. The molecule has 1 N–H and O–H groups in total. The second kappa shape index (κ2) is 6.34. The van der Waals surface area contributed by atoms with Crippen LogP contribution in [0.2, 0.25) is 0 Å². The zero-order valence-corrected chi connectivity index (χ0v) is 12.8. The summed E-state index contributed by atoms with van der Waals surface area (Å²) in [5, 5.41) is 6.68. The molecular formula is C13H17N3OS2. The van der Waals surface area contributed by atoms with Crippen molar-refractivity contribution in [3.63, 3.8) is 0 Å². The molecule has 4 nitrogen and oxygen atoms in total. The van der Waals surface area contributed by atoms with Crippen molar-refractivity contribution in [3.05, 3.63) is 17.8 Å². The zero-order valence-electron chi connectivity index (χ0n) is 11.2. The molecule has 0 saturated carbocycles. The first-order valence-corrected chi connectivity index (χ1v) is 7.96. The Morgan fingerprint density at radius 2 is 2.21 bits per heavy atom. The fraction of sp³-hybridized carbons (Fsp3) is 0.462. The van der Waals surface area contributed by atoms with Gasteiger partial charge in [-0.05, 0) is 24.3 Å². The lowest BCUT2D eigenvalue weighted by molar-refractivity contribution is -0.120. The summed E-state index contributed by atoms with van der Waals surface area (Å²) in [6, 6.07) is 2.00. The summed E-state index contributed by atoms with van der Waals surface area (Å²) in [6.45, 7) is 6.77. The predicted molar refractivity (Wildman–Crippen MR) is 80.6 cm³/mol. The number of hydrogen-bond acceptors (Lipinski definition) is 5. The third-order valence-electron chi connectivity index (χ3n) is 2.57. The van der Waals surface area contributed by atoms with Gasteiger partial charge < -0.3 is 5.32 Å². The second-order valence-corrected chi connectivity index (χ2v) is 6.94. The van der Waals surface area contributed by atoms with E-state index in [1.165, 1.54) is 11.8 Å². The van der Waals surface area contributed by atoms with E-state index in [2.05, 4.69) is 29.1 Å². The molecule has 19 heavy (non-hydrogen) atoms. The molecule has 0 aliphatic carbocycles. The first kappa shape index (κ1) is 14.3. The molecule has 0 radical (unpaired) electrons. The molecule has 0 aromatic carbocycles. The summed E-state index contributed by atoms with van der Waals surface area (Å²) in [5.74, 6) is 0.518. The number of fused-ring (bicyclic) bond motifs is 1. The molecule has 0 unspecified atom stereocenters. The van der Waals surface area contributed by atoms with Crippen LogP contribution in [0.15, 0.2) is 22.8 Å². The van der Waals surface area contributed by atoms with Crippen LogP contribution in [0, 0.1) is 5.92 Å². The van der Waals surface area contributed by atoms with Crippen molar-refractivity contribution in [2.45, 2.75) is 31.0 Å². The Morgan fingerprint density at radius 1 is 1.42 bits per heavy atom. The number of rotatable bonds is 5. The van der Waals surface area contributed by atoms with Crippen LogP contribution in [0.4, 0.5) is 0 Å². The van der Waals surface area contributed by atoms with Crippen LogP contribution < -0.4 is 5.32 Å².